The monoisotopic (exact) mass is 283 g/mol. The second kappa shape index (κ2) is 4.75. The van der Waals surface area contributed by atoms with Crippen LogP contribution in [0.3, 0.4) is 0 Å². The van der Waals surface area contributed by atoms with Crippen LogP contribution < -0.4 is 5.56 Å². The summed E-state index contributed by atoms with van der Waals surface area (Å²) >= 11 is 0. The fourth-order valence-electron chi connectivity index (χ4n) is 2.13. The largest absolute Gasteiger partial charge is 0.477 e. The zero-order valence-electron chi connectivity index (χ0n) is 10.6. The molecule has 0 unspecified atom stereocenters. The summed E-state index contributed by atoms with van der Waals surface area (Å²) in [7, 11) is 0. The van der Waals surface area contributed by atoms with Crippen LogP contribution in [0.25, 0.3) is 10.9 Å². The lowest BCUT2D eigenvalue weighted by Crippen LogP contribution is -2.31. The van der Waals surface area contributed by atoms with E-state index in [-0.39, 0.29) is 5.76 Å². The molecular formula is C15H9NO5. The molecule has 6 nitrogen and oxygen atoms in total. The van der Waals surface area contributed by atoms with Gasteiger partial charge in [-0.05, 0) is 29.7 Å². The lowest BCUT2D eigenvalue weighted by atomic mass is 10.1. The first-order chi connectivity index (χ1) is 10.1. The van der Waals surface area contributed by atoms with Crippen LogP contribution in [0.1, 0.15) is 20.9 Å². The van der Waals surface area contributed by atoms with Crippen LogP contribution in [0.5, 0.6) is 0 Å². The van der Waals surface area contributed by atoms with Crippen LogP contribution >= 0.6 is 0 Å². The molecule has 0 fully saturated rings. The van der Waals surface area contributed by atoms with Crippen molar-refractivity contribution < 1.29 is 19.1 Å². The molecule has 3 aromatic rings. The summed E-state index contributed by atoms with van der Waals surface area (Å²) in [5, 5.41) is 9.59. The molecule has 0 saturated heterocycles. The summed E-state index contributed by atoms with van der Waals surface area (Å²) in [6, 6.07) is 10.7. The molecule has 3 rings (SSSR count). The Labute approximate surface area is 117 Å². The smallest absolute Gasteiger partial charge is 0.341 e. The number of benzene rings is 1. The topological polar surface area (TPSA) is 89.5 Å². The zero-order valence-corrected chi connectivity index (χ0v) is 10.6. The van der Waals surface area contributed by atoms with Gasteiger partial charge < -0.3 is 9.52 Å². The van der Waals surface area contributed by atoms with Crippen molar-refractivity contribution in [3.05, 3.63) is 70.4 Å². The first kappa shape index (κ1) is 12.9. The molecule has 0 saturated carbocycles. The number of carbonyl (C=O) groups is 2. The number of hydrogen-bond donors (Lipinski definition) is 1. The second-order valence-electron chi connectivity index (χ2n) is 4.34. The van der Waals surface area contributed by atoms with Gasteiger partial charge in [0.15, 0.2) is 5.76 Å². The van der Waals surface area contributed by atoms with Crippen molar-refractivity contribution >= 4 is 22.8 Å². The van der Waals surface area contributed by atoms with Crippen molar-refractivity contribution in [3.63, 3.8) is 0 Å². The molecule has 1 aromatic carbocycles. The third-order valence-corrected chi connectivity index (χ3v) is 3.08. The standard InChI is InChI=1S/C15H9NO5/c17-13-10(15(19)20)8-9-4-1-2-5-11(9)16(13)14(18)12-6-3-7-21-12/h1-8H,(H,19,20). The van der Waals surface area contributed by atoms with Crippen LogP contribution in [0.4, 0.5) is 0 Å². The number of furan rings is 1. The Kier molecular flexibility index (Phi) is 2.91. The minimum absolute atomic E-state index is 0.0372. The number of fused-ring (bicyclic) bond motifs is 1. The predicted octanol–water partition coefficient (Wildman–Crippen LogP) is 1.98. The summed E-state index contributed by atoms with van der Waals surface area (Å²) in [6.45, 7) is 0. The molecule has 0 radical (unpaired) electrons. The van der Waals surface area contributed by atoms with Gasteiger partial charge in [-0.1, -0.05) is 18.2 Å². The molecule has 0 spiro atoms. The van der Waals surface area contributed by atoms with Gasteiger partial charge in [-0.2, -0.15) is 0 Å². The third-order valence-electron chi connectivity index (χ3n) is 3.08. The van der Waals surface area contributed by atoms with Gasteiger partial charge in [0.25, 0.3) is 5.56 Å². The van der Waals surface area contributed by atoms with Gasteiger partial charge in [-0.15, -0.1) is 0 Å². The molecule has 1 N–H and O–H groups in total. The second-order valence-corrected chi connectivity index (χ2v) is 4.34. The molecule has 0 aliphatic carbocycles. The maximum atomic E-state index is 12.4. The lowest BCUT2D eigenvalue weighted by Gasteiger charge is -2.08. The SMILES string of the molecule is O=C(O)c1cc2ccccc2n(C(=O)c2ccco2)c1=O. The first-order valence-corrected chi connectivity index (χ1v) is 6.06. The quantitative estimate of drug-likeness (QED) is 0.776. The van der Waals surface area contributed by atoms with Crippen LogP contribution in [0.2, 0.25) is 0 Å². The highest BCUT2D eigenvalue weighted by atomic mass is 16.4. The average molecular weight is 283 g/mol. The number of aromatic nitrogens is 1. The van der Waals surface area contributed by atoms with E-state index in [1.165, 1.54) is 24.5 Å². The molecule has 2 heterocycles. The number of pyridine rings is 1. The number of rotatable bonds is 2. The van der Waals surface area contributed by atoms with E-state index in [4.69, 9.17) is 9.52 Å². The molecule has 0 atom stereocenters. The van der Waals surface area contributed by atoms with E-state index < -0.39 is 23.0 Å². The van der Waals surface area contributed by atoms with Gasteiger partial charge in [0.05, 0.1) is 11.8 Å². The van der Waals surface area contributed by atoms with Crippen molar-refractivity contribution in [1.82, 2.24) is 4.57 Å². The number of para-hydroxylation sites is 1. The fourth-order valence-corrected chi connectivity index (χ4v) is 2.13. The fraction of sp³-hybridized carbons (Fsp3) is 0. The highest BCUT2D eigenvalue weighted by molar-refractivity contribution is 6.02. The molecule has 0 bridgehead atoms. The van der Waals surface area contributed by atoms with E-state index in [9.17, 15) is 14.4 Å². The maximum Gasteiger partial charge on any atom is 0.341 e. The van der Waals surface area contributed by atoms with Gasteiger partial charge in [-0.3, -0.25) is 9.59 Å². The van der Waals surface area contributed by atoms with Gasteiger partial charge in [0.1, 0.15) is 5.56 Å². The average Bonchev–Trinajstić information content (AvgIpc) is 3.00. The Balaban J connectivity index is 2.39. The number of carboxylic acid groups (broad SMARTS) is 1. The third kappa shape index (κ3) is 2.02. The summed E-state index contributed by atoms with van der Waals surface area (Å²) < 4.78 is 5.81. The Morgan fingerprint density at radius 3 is 2.52 bits per heavy atom. The Hall–Kier alpha value is -3.15. The van der Waals surface area contributed by atoms with Crippen molar-refractivity contribution in [3.8, 4) is 0 Å². The van der Waals surface area contributed by atoms with E-state index >= 15 is 0 Å². The summed E-state index contributed by atoms with van der Waals surface area (Å²) in [5.41, 5.74) is -1.02. The predicted molar refractivity (Wildman–Crippen MR) is 73.6 cm³/mol. The highest BCUT2D eigenvalue weighted by Gasteiger charge is 2.21. The van der Waals surface area contributed by atoms with Crippen molar-refractivity contribution in [2.24, 2.45) is 0 Å². The van der Waals surface area contributed by atoms with E-state index in [0.717, 1.165) is 4.57 Å². The lowest BCUT2D eigenvalue weighted by molar-refractivity contribution is 0.0694. The number of carboxylic acids is 1. The first-order valence-electron chi connectivity index (χ1n) is 6.06. The molecule has 6 heteroatoms. The minimum atomic E-state index is -1.38. The minimum Gasteiger partial charge on any atom is -0.477 e. The van der Waals surface area contributed by atoms with Crippen LogP contribution in [-0.4, -0.2) is 21.6 Å². The molecule has 0 aliphatic heterocycles. The molecule has 0 amide bonds. The molecule has 2 aromatic heterocycles. The van der Waals surface area contributed by atoms with Crippen molar-refractivity contribution in [2.75, 3.05) is 0 Å². The summed E-state index contributed by atoms with van der Waals surface area (Å²) in [6.07, 6.45) is 1.31. The van der Waals surface area contributed by atoms with Crippen molar-refractivity contribution in [2.45, 2.75) is 0 Å². The number of carbonyl (C=O) groups excluding carboxylic acids is 1. The normalized spacial score (nSPS) is 10.7. The van der Waals surface area contributed by atoms with Crippen LogP contribution in [0.15, 0.2) is 57.9 Å². The molecular weight excluding hydrogens is 274 g/mol. The molecule has 104 valence electrons. The molecule has 21 heavy (non-hydrogen) atoms. The van der Waals surface area contributed by atoms with Gasteiger partial charge in [0.2, 0.25) is 0 Å². The van der Waals surface area contributed by atoms with Gasteiger partial charge >= 0.3 is 11.9 Å². The Bertz CT molecular complexity index is 905. The van der Waals surface area contributed by atoms with Crippen LogP contribution in [0, 0.1) is 0 Å². The van der Waals surface area contributed by atoms with Crippen LogP contribution in [-0.2, 0) is 0 Å². The number of aromatic carboxylic acids is 1. The summed E-state index contributed by atoms with van der Waals surface area (Å²) in [4.78, 5) is 35.9. The zero-order chi connectivity index (χ0) is 15.0. The van der Waals surface area contributed by atoms with E-state index in [1.807, 2.05) is 0 Å². The summed E-state index contributed by atoms with van der Waals surface area (Å²) in [5.74, 6) is -2.12. The Morgan fingerprint density at radius 1 is 1.10 bits per heavy atom. The van der Waals surface area contributed by atoms with Crippen molar-refractivity contribution in [1.29, 1.82) is 0 Å². The highest BCUT2D eigenvalue weighted by Crippen LogP contribution is 2.15. The number of hydrogen-bond acceptors (Lipinski definition) is 4. The van der Waals surface area contributed by atoms with E-state index in [1.54, 1.807) is 24.3 Å². The van der Waals surface area contributed by atoms with Gasteiger partial charge in [0, 0.05) is 0 Å². The van der Waals surface area contributed by atoms with E-state index in [0.29, 0.717) is 10.9 Å². The maximum absolute atomic E-state index is 12.4. The Morgan fingerprint density at radius 2 is 1.86 bits per heavy atom. The van der Waals surface area contributed by atoms with E-state index in [2.05, 4.69) is 0 Å². The van der Waals surface area contributed by atoms with Gasteiger partial charge in [-0.25, -0.2) is 9.36 Å². The molecule has 0 aliphatic rings. The number of nitrogens with zero attached hydrogens (tertiary/aromatic N) is 1.